The van der Waals surface area contributed by atoms with E-state index in [2.05, 4.69) is 66.0 Å². The molecular weight excluding hydrogens is 336 g/mol. The summed E-state index contributed by atoms with van der Waals surface area (Å²) in [5.41, 5.74) is 4.42. The predicted molar refractivity (Wildman–Crippen MR) is 113 cm³/mol. The van der Waals surface area contributed by atoms with Crippen LogP contribution in [-0.2, 0) is 11.3 Å². The Balaban J connectivity index is 1.97. The van der Waals surface area contributed by atoms with Gasteiger partial charge in [0.2, 0.25) is 5.91 Å². The number of hydrogen-bond donors (Lipinski definition) is 3. The maximum absolute atomic E-state index is 11.2. The van der Waals surface area contributed by atoms with Crippen molar-refractivity contribution in [2.45, 2.75) is 40.2 Å². The largest absolute Gasteiger partial charge is 0.357 e. The van der Waals surface area contributed by atoms with Crippen molar-refractivity contribution in [3.63, 3.8) is 0 Å². The molecule has 1 amide bonds. The lowest BCUT2D eigenvalue weighted by Gasteiger charge is -2.16. The van der Waals surface area contributed by atoms with Crippen molar-refractivity contribution < 1.29 is 4.79 Å². The normalized spacial score (nSPS) is 12.4. The van der Waals surface area contributed by atoms with Crippen LogP contribution in [0, 0.1) is 6.92 Å². The van der Waals surface area contributed by atoms with Gasteiger partial charge in [0.1, 0.15) is 0 Å². The number of benzene rings is 2. The van der Waals surface area contributed by atoms with E-state index < -0.39 is 0 Å². The molecule has 0 saturated heterocycles. The van der Waals surface area contributed by atoms with Gasteiger partial charge in [-0.3, -0.25) is 4.79 Å². The van der Waals surface area contributed by atoms with Gasteiger partial charge in [0.15, 0.2) is 5.96 Å². The number of carbonyl (C=O) groups is 1. The topological polar surface area (TPSA) is 65.5 Å². The van der Waals surface area contributed by atoms with Crippen molar-refractivity contribution in [1.29, 1.82) is 0 Å². The molecule has 0 heterocycles. The van der Waals surface area contributed by atoms with Crippen LogP contribution in [0.4, 0.5) is 5.69 Å². The first-order chi connectivity index (χ1) is 13.0. The van der Waals surface area contributed by atoms with Gasteiger partial charge in [0, 0.05) is 25.7 Å². The van der Waals surface area contributed by atoms with Gasteiger partial charge in [-0.1, -0.05) is 48.9 Å². The molecule has 1 atom stereocenters. The second-order valence-electron chi connectivity index (χ2n) is 6.77. The Morgan fingerprint density at radius 2 is 1.85 bits per heavy atom. The molecule has 27 heavy (non-hydrogen) atoms. The number of guanidine groups is 1. The van der Waals surface area contributed by atoms with Crippen molar-refractivity contribution in [1.82, 2.24) is 10.6 Å². The fourth-order valence-corrected chi connectivity index (χ4v) is 2.73. The molecule has 144 valence electrons. The van der Waals surface area contributed by atoms with Gasteiger partial charge in [0.25, 0.3) is 0 Å². The molecule has 3 N–H and O–H groups in total. The van der Waals surface area contributed by atoms with Gasteiger partial charge in [-0.15, -0.1) is 0 Å². The molecule has 0 aromatic heterocycles. The molecule has 0 aliphatic carbocycles. The third-order valence-corrected chi connectivity index (χ3v) is 4.23. The Bertz CT molecular complexity index is 768. The summed E-state index contributed by atoms with van der Waals surface area (Å²) < 4.78 is 0. The molecule has 0 fully saturated rings. The minimum Gasteiger partial charge on any atom is -0.357 e. The van der Waals surface area contributed by atoms with Crippen molar-refractivity contribution in [2.75, 3.05) is 18.4 Å². The Hall–Kier alpha value is -2.82. The van der Waals surface area contributed by atoms with Crippen LogP contribution in [0.5, 0.6) is 0 Å². The smallest absolute Gasteiger partial charge is 0.221 e. The van der Waals surface area contributed by atoms with Gasteiger partial charge < -0.3 is 16.0 Å². The first-order valence-electron chi connectivity index (χ1n) is 9.43. The fourth-order valence-electron chi connectivity index (χ4n) is 2.73. The number of hydrogen-bond acceptors (Lipinski definition) is 2. The van der Waals surface area contributed by atoms with Crippen LogP contribution in [0.15, 0.2) is 53.5 Å². The highest BCUT2D eigenvalue weighted by Gasteiger charge is 2.07. The SMILES string of the molecule is CCNC(=NCc1cccc(NC(C)=O)c1)NCC(C)c1ccc(C)cc1. The Morgan fingerprint density at radius 3 is 2.52 bits per heavy atom. The van der Waals surface area contributed by atoms with Gasteiger partial charge in [-0.05, 0) is 43.0 Å². The van der Waals surface area contributed by atoms with E-state index in [0.717, 1.165) is 30.3 Å². The number of anilines is 1. The lowest BCUT2D eigenvalue weighted by atomic mass is 10.0. The van der Waals surface area contributed by atoms with E-state index in [0.29, 0.717) is 12.5 Å². The highest BCUT2D eigenvalue weighted by atomic mass is 16.1. The maximum atomic E-state index is 11.2. The molecule has 0 aliphatic heterocycles. The molecule has 5 nitrogen and oxygen atoms in total. The van der Waals surface area contributed by atoms with Crippen LogP contribution in [0.1, 0.15) is 43.4 Å². The standard InChI is InChI=1S/C22H30N4O/c1-5-23-22(24-14-17(3)20-11-9-16(2)10-12-20)25-15-19-7-6-8-21(13-19)26-18(4)27/h6-13,17H,5,14-15H2,1-4H3,(H,26,27)(H2,23,24,25). The van der Waals surface area contributed by atoms with E-state index >= 15 is 0 Å². The maximum Gasteiger partial charge on any atom is 0.221 e. The molecule has 1 unspecified atom stereocenters. The Morgan fingerprint density at radius 1 is 1.11 bits per heavy atom. The summed E-state index contributed by atoms with van der Waals surface area (Å²) >= 11 is 0. The van der Waals surface area contributed by atoms with Crippen LogP contribution in [-0.4, -0.2) is 25.0 Å². The molecule has 0 radical (unpaired) electrons. The zero-order chi connectivity index (χ0) is 19.6. The van der Waals surface area contributed by atoms with E-state index in [-0.39, 0.29) is 5.91 Å². The van der Waals surface area contributed by atoms with Gasteiger partial charge in [-0.25, -0.2) is 4.99 Å². The second-order valence-corrected chi connectivity index (χ2v) is 6.77. The summed E-state index contributed by atoms with van der Waals surface area (Å²) in [5.74, 6) is 1.11. The van der Waals surface area contributed by atoms with Crippen LogP contribution >= 0.6 is 0 Å². The summed E-state index contributed by atoms with van der Waals surface area (Å²) in [6.45, 7) is 10.0. The fraction of sp³-hybridized carbons (Fsp3) is 0.364. The van der Waals surface area contributed by atoms with Crippen molar-refractivity contribution in [3.05, 3.63) is 65.2 Å². The Labute approximate surface area is 162 Å². The minimum atomic E-state index is -0.0734. The van der Waals surface area contributed by atoms with Crippen molar-refractivity contribution in [3.8, 4) is 0 Å². The molecule has 0 spiro atoms. The summed E-state index contributed by atoms with van der Waals surface area (Å²) in [6.07, 6.45) is 0. The summed E-state index contributed by atoms with van der Waals surface area (Å²) in [7, 11) is 0. The number of nitrogens with zero attached hydrogens (tertiary/aromatic N) is 1. The minimum absolute atomic E-state index is 0.0734. The van der Waals surface area contributed by atoms with E-state index in [9.17, 15) is 4.79 Å². The Kier molecular flexibility index (Phi) is 7.86. The van der Waals surface area contributed by atoms with Crippen LogP contribution in [0.3, 0.4) is 0 Å². The van der Waals surface area contributed by atoms with E-state index in [1.165, 1.54) is 18.1 Å². The third kappa shape index (κ3) is 7.13. The number of rotatable bonds is 7. The van der Waals surface area contributed by atoms with Crippen molar-refractivity contribution in [2.24, 2.45) is 4.99 Å². The van der Waals surface area contributed by atoms with E-state index in [1.54, 1.807) is 0 Å². The van der Waals surface area contributed by atoms with E-state index in [1.807, 2.05) is 24.3 Å². The van der Waals surface area contributed by atoms with Crippen LogP contribution in [0.2, 0.25) is 0 Å². The van der Waals surface area contributed by atoms with Crippen LogP contribution in [0.25, 0.3) is 0 Å². The lowest BCUT2D eigenvalue weighted by molar-refractivity contribution is -0.114. The average Bonchev–Trinajstić information content (AvgIpc) is 2.64. The zero-order valence-corrected chi connectivity index (χ0v) is 16.7. The number of carbonyl (C=O) groups excluding carboxylic acids is 1. The van der Waals surface area contributed by atoms with Crippen LogP contribution < -0.4 is 16.0 Å². The number of aryl methyl sites for hydroxylation is 1. The molecule has 0 aliphatic rings. The summed E-state index contributed by atoms with van der Waals surface area (Å²) in [4.78, 5) is 15.9. The molecule has 5 heteroatoms. The van der Waals surface area contributed by atoms with Crippen molar-refractivity contribution >= 4 is 17.6 Å². The lowest BCUT2D eigenvalue weighted by Crippen LogP contribution is -2.39. The molecule has 2 rings (SSSR count). The first-order valence-corrected chi connectivity index (χ1v) is 9.43. The van der Waals surface area contributed by atoms with Gasteiger partial charge in [0.05, 0.1) is 6.54 Å². The highest BCUT2D eigenvalue weighted by Crippen LogP contribution is 2.15. The van der Waals surface area contributed by atoms with E-state index in [4.69, 9.17) is 0 Å². The average molecular weight is 367 g/mol. The predicted octanol–water partition coefficient (Wildman–Crippen LogP) is 3.81. The summed E-state index contributed by atoms with van der Waals surface area (Å²) in [6, 6.07) is 16.4. The highest BCUT2D eigenvalue weighted by molar-refractivity contribution is 5.88. The summed E-state index contributed by atoms with van der Waals surface area (Å²) in [5, 5.41) is 9.51. The quantitative estimate of drug-likeness (QED) is 0.516. The number of nitrogens with one attached hydrogen (secondary N) is 3. The zero-order valence-electron chi connectivity index (χ0n) is 16.7. The molecular formula is C22H30N4O. The molecule has 2 aromatic rings. The van der Waals surface area contributed by atoms with Gasteiger partial charge >= 0.3 is 0 Å². The third-order valence-electron chi connectivity index (χ3n) is 4.23. The molecule has 0 saturated carbocycles. The molecule has 2 aromatic carbocycles. The number of aliphatic imine (C=N–C) groups is 1. The number of amides is 1. The van der Waals surface area contributed by atoms with Gasteiger partial charge in [-0.2, -0.15) is 0 Å². The first kappa shape index (κ1) is 20.5. The second kappa shape index (κ2) is 10.4. The molecule has 0 bridgehead atoms. The monoisotopic (exact) mass is 366 g/mol.